The van der Waals surface area contributed by atoms with Crippen LogP contribution in [0, 0.1) is 13.8 Å². The number of aryl methyl sites for hydroxylation is 2. The van der Waals surface area contributed by atoms with Gasteiger partial charge in [0.1, 0.15) is 0 Å². The molecular weight excluding hydrogens is 148 g/mol. The second kappa shape index (κ2) is 2.91. The molecule has 1 aliphatic rings. The molecule has 1 heteroatoms. The summed E-state index contributed by atoms with van der Waals surface area (Å²) in [5.74, 6) is 0. The summed E-state index contributed by atoms with van der Waals surface area (Å²) in [5.41, 5.74) is 5.72. The van der Waals surface area contributed by atoms with Gasteiger partial charge in [-0.2, -0.15) is 0 Å². The van der Waals surface area contributed by atoms with Crippen molar-refractivity contribution in [2.24, 2.45) is 0 Å². The third-order valence-corrected chi connectivity index (χ3v) is 2.64. The van der Waals surface area contributed by atoms with E-state index >= 15 is 0 Å². The molecule has 0 aliphatic carbocycles. The van der Waals surface area contributed by atoms with E-state index < -0.39 is 0 Å². The maximum atomic E-state index is 5.43. The van der Waals surface area contributed by atoms with E-state index in [0.717, 1.165) is 19.6 Å². The van der Waals surface area contributed by atoms with Crippen LogP contribution in [0.2, 0.25) is 0 Å². The largest absolute Gasteiger partial charge is 0.376 e. The van der Waals surface area contributed by atoms with Crippen LogP contribution in [0.4, 0.5) is 0 Å². The molecule has 0 fully saturated rings. The monoisotopic (exact) mass is 162 g/mol. The maximum Gasteiger partial charge on any atom is 0.0722 e. The van der Waals surface area contributed by atoms with E-state index in [1.54, 1.807) is 0 Å². The van der Waals surface area contributed by atoms with Crippen LogP contribution in [0.1, 0.15) is 22.3 Å². The Morgan fingerprint density at radius 1 is 1.08 bits per heavy atom. The predicted molar refractivity (Wildman–Crippen MR) is 49.3 cm³/mol. The zero-order chi connectivity index (χ0) is 8.55. The average molecular weight is 162 g/mol. The lowest BCUT2D eigenvalue weighted by Crippen LogP contribution is -2.12. The number of ether oxygens (including phenoxy) is 1. The lowest BCUT2D eigenvalue weighted by atomic mass is 9.94. The number of hydrogen-bond acceptors (Lipinski definition) is 1. The van der Waals surface area contributed by atoms with Crippen LogP contribution in [0.5, 0.6) is 0 Å². The fourth-order valence-corrected chi connectivity index (χ4v) is 1.82. The van der Waals surface area contributed by atoms with Gasteiger partial charge in [0.15, 0.2) is 0 Å². The second-order valence-electron chi connectivity index (χ2n) is 3.46. The highest BCUT2D eigenvalue weighted by Gasteiger charge is 2.12. The number of hydrogen-bond donors (Lipinski definition) is 0. The lowest BCUT2D eigenvalue weighted by molar-refractivity contribution is 0.110. The van der Waals surface area contributed by atoms with Crippen molar-refractivity contribution in [3.8, 4) is 0 Å². The molecule has 0 amide bonds. The molecule has 1 nitrogen and oxygen atoms in total. The number of benzene rings is 1. The summed E-state index contributed by atoms with van der Waals surface area (Å²) in [7, 11) is 0. The van der Waals surface area contributed by atoms with Crippen molar-refractivity contribution in [3.63, 3.8) is 0 Å². The second-order valence-corrected chi connectivity index (χ2v) is 3.46. The molecule has 1 heterocycles. The first-order chi connectivity index (χ1) is 5.79. The van der Waals surface area contributed by atoms with Gasteiger partial charge in [0.25, 0.3) is 0 Å². The molecule has 0 atom stereocenters. The summed E-state index contributed by atoms with van der Waals surface area (Å²) in [6, 6.07) is 4.39. The van der Waals surface area contributed by atoms with Gasteiger partial charge in [-0.1, -0.05) is 12.1 Å². The molecule has 0 N–H and O–H groups in total. The van der Waals surface area contributed by atoms with Crippen molar-refractivity contribution in [2.75, 3.05) is 6.61 Å². The van der Waals surface area contributed by atoms with Gasteiger partial charge in [-0.05, 0) is 42.5 Å². The summed E-state index contributed by atoms with van der Waals surface area (Å²) in [5, 5.41) is 0. The van der Waals surface area contributed by atoms with E-state index in [-0.39, 0.29) is 0 Å². The highest BCUT2D eigenvalue weighted by Crippen LogP contribution is 2.23. The minimum atomic E-state index is 0.808. The molecule has 1 aromatic carbocycles. The Labute approximate surface area is 73.4 Å². The molecule has 0 saturated heterocycles. The average Bonchev–Trinajstić information content (AvgIpc) is 2.12. The van der Waals surface area contributed by atoms with E-state index in [1.807, 2.05) is 0 Å². The van der Waals surface area contributed by atoms with Crippen LogP contribution >= 0.6 is 0 Å². The van der Waals surface area contributed by atoms with Crippen molar-refractivity contribution in [1.29, 1.82) is 0 Å². The number of rotatable bonds is 0. The van der Waals surface area contributed by atoms with Crippen LogP contribution in [0.25, 0.3) is 0 Å². The van der Waals surface area contributed by atoms with Gasteiger partial charge in [-0.3, -0.25) is 0 Å². The highest BCUT2D eigenvalue weighted by atomic mass is 16.5. The van der Waals surface area contributed by atoms with Crippen LogP contribution in [0.3, 0.4) is 0 Å². The van der Waals surface area contributed by atoms with Crippen molar-refractivity contribution in [3.05, 3.63) is 34.4 Å². The molecule has 1 aliphatic heterocycles. The van der Waals surface area contributed by atoms with E-state index in [4.69, 9.17) is 4.74 Å². The van der Waals surface area contributed by atoms with Gasteiger partial charge < -0.3 is 4.74 Å². The Morgan fingerprint density at radius 2 is 1.75 bits per heavy atom. The SMILES string of the molecule is Cc1ccc(C)c2c1CCOC2. The summed E-state index contributed by atoms with van der Waals surface area (Å²) < 4.78 is 5.43. The normalized spacial score (nSPS) is 15.8. The molecule has 12 heavy (non-hydrogen) atoms. The summed E-state index contributed by atoms with van der Waals surface area (Å²) in [6.45, 7) is 6.04. The van der Waals surface area contributed by atoms with Gasteiger partial charge in [0.05, 0.1) is 13.2 Å². The van der Waals surface area contributed by atoms with E-state index in [2.05, 4.69) is 26.0 Å². The molecular formula is C11H14O. The first kappa shape index (κ1) is 7.81. The third kappa shape index (κ3) is 1.14. The summed E-state index contributed by atoms with van der Waals surface area (Å²) in [6.07, 6.45) is 1.09. The Morgan fingerprint density at radius 3 is 2.42 bits per heavy atom. The number of fused-ring (bicyclic) bond motifs is 1. The van der Waals surface area contributed by atoms with Crippen molar-refractivity contribution >= 4 is 0 Å². The summed E-state index contributed by atoms with van der Waals surface area (Å²) in [4.78, 5) is 0. The Hall–Kier alpha value is -0.820. The van der Waals surface area contributed by atoms with Gasteiger partial charge in [0.2, 0.25) is 0 Å². The Kier molecular flexibility index (Phi) is 1.89. The first-order valence-corrected chi connectivity index (χ1v) is 4.45. The van der Waals surface area contributed by atoms with Crippen LogP contribution in [0.15, 0.2) is 12.1 Å². The van der Waals surface area contributed by atoms with Gasteiger partial charge in [-0.25, -0.2) is 0 Å². The molecule has 0 bridgehead atoms. The molecule has 64 valence electrons. The van der Waals surface area contributed by atoms with Crippen LogP contribution in [-0.4, -0.2) is 6.61 Å². The topological polar surface area (TPSA) is 9.23 Å². The van der Waals surface area contributed by atoms with Crippen LogP contribution in [-0.2, 0) is 17.8 Å². The van der Waals surface area contributed by atoms with E-state index in [9.17, 15) is 0 Å². The molecule has 0 aromatic heterocycles. The van der Waals surface area contributed by atoms with Crippen molar-refractivity contribution in [1.82, 2.24) is 0 Å². The molecule has 0 saturated carbocycles. The first-order valence-electron chi connectivity index (χ1n) is 4.45. The van der Waals surface area contributed by atoms with Gasteiger partial charge >= 0.3 is 0 Å². The maximum absolute atomic E-state index is 5.43. The minimum Gasteiger partial charge on any atom is -0.376 e. The zero-order valence-corrected chi connectivity index (χ0v) is 7.68. The fourth-order valence-electron chi connectivity index (χ4n) is 1.82. The zero-order valence-electron chi connectivity index (χ0n) is 7.68. The van der Waals surface area contributed by atoms with Crippen LogP contribution < -0.4 is 0 Å². The molecule has 2 rings (SSSR count). The van der Waals surface area contributed by atoms with E-state index in [1.165, 1.54) is 22.3 Å². The quantitative estimate of drug-likeness (QED) is 0.569. The molecule has 1 aromatic rings. The highest BCUT2D eigenvalue weighted by molar-refractivity contribution is 5.40. The smallest absolute Gasteiger partial charge is 0.0722 e. The van der Waals surface area contributed by atoms with E-state index in [0.29, 0.717) is 0 Å². The standard InChI is InChI=1S/C11H14O/c1-8-3-4-9(2)11-7-12-6-5-10(8)11/h3-4H,5-7H2,1-2H3. The lowest BCUT2D eigenvalue weighted by Gasteiger charge is -2.20. The van der Waals surface area contributed by atoms with Gasteiger partial charge in [-0.15, -0.1) is 0 Å². The molecule has 0 unspecified atom stereocenters. The summed E-state index contributed by atoms with van der Waals surface area (Å²) >= 11 is 0. The van der Waals surface area contributed by atoms with Crippen molar-refractivity contribution < 1.29 is 4.74 Å². The molecule has 0 spiro atoms. The predicted octanol–water partition coefficient (Wildman–Crippen LogP) is 2.38. The van der Waals surface area contributed by atoms with Crippen molar-refractivity contribution in [2.45, 2.75) is 26.9 Å². The third-order valence-electron chi connectivity index (χ3n) is 2.64. The Bertz CT molecular complexity index is 271. The Balaban J connectivity index is 2.57. The minimum absolute atomic E-state index is 0.808. The molecule has 0 radical (unpaired) electrons. The van der Waals surface area contributed by atoms with Gasteiger partial charge in [0, 0.05) is 0 Å². The fraction of sp³-hybridized carbons (Fsp3) is 0.455.